The summed E-state index contributed by atoms with van der Waals surface area (Å²) in [6.07, 6.45) is 0.443. The van der Waals surface area contributed by atoms with Crippen LogP contribution in [-0.2, 0) is 0 Å². The topological polar surface area (TPSA) is 50.8 Å². The SMILES string of the molecule is CC(C#N)CN(C)C(CC#N)c1ccccc1. The lowest BCUT2D eigenvalue weighted by Gasteiger charge is -2.27. The molecule has 0 saturated heterocycles. The van der Waals surface area contributed by atoms with Gasteiger partial charge in [0.1, 0.15) is 0 Å². The molecule has 0 aromatic heterocycles. The summed E-state index contributed by atoms with van der Waals surface area (Å²) < 4.78 is 0. The summed E-state index contributed by atoms with van der Waals surface area (Å²) in [4.78, 5) is 2.08. The third-order valence-corrected chi connectivity index (χ3v) is 2.78. The van der Waals surface area contributed by atoms with Gasteiger partial charge in [-0.25, -0.2) is 0 Å². The second-order valence-corrected chi connectivity index (χ2v) is 4.26. The van der Waals surface area contributed by atoms with E-state index >= 15 is 0 Å². The summed E-state index contributed by atoms with van der Waals surface area (Å²) in [6.45, 7) is 2.57. The molecular formula is C14H17N3. The quantitative estimate of drug-likeness (QED) is 0.777. The van der Waals surface area contributed by atoms with E-state index in [1.807, 2.05) is 44.3 Å². The molecule has 3 nitrogen and oxygen atoms in total. The van der Waals surface area contributed by atoms with Gasteiger partial charge in [-0.05, 0) is 19.5 Å². The maximum atomic E-state index is 8.90. The van der Waals surface area contributed by atoms with Gasteiger partial charge in [0.2, 0.25) is 0 Å². The first-order chi connectivity index (χ1) is 8.19. The molecule has 0 fully saturated rings. The smallest absolute Gasteiger partial charge is 0.0666 e. The number of nitriles is 2. The Morgan fingerprint density at radius 1 is 1.24 bits per heavy atom. The fourth-order valence-electron chi connectivity index (χ4n) is 1.89. The van der Waals surface area contributed by atoms with Crippen molar-refractivity contribution >= 4 is 0 Å². The summed E-state index contributed by atoms with van der Waals surface area (Å²) in [7, 11) is 1.96. The summed E-state index contributed by atoms with van der Waals surface area (Å²) in [6, 6.07) is 14.5. The van der Waals surface area contributed by atoms with Gasteiger partial charge >= 0.3 is 0 Å². The third kappa shape index (κ3) is 3.90. The molecule has 0 heterocycles. The maximum Gasteiger partial charge on any atom is 0.0666 e. The number of benzene rings is 1. The molecule has 1 rings (SSSR count). The van der Waals surface area contributed by atoms with E-state index in [1.165, 1.54) is 0 Å². The molecule has 3 heteroatoms. The molecule has 2 atom stereocenters. The highest BCUT2D eigenvalue weighted by Gasteiger charge is 2.18. The van der Waals surface area contributed by atoms with E-state index in [0.29, 0.717) is 13.0 Å². The molecule has 2 unspecified atom stereocenters. The van der Waals surface area contributed by atoms with Crippen LogP contribution in [0.5, 0.6) is 0 Å². The molecule has 88 valence electrons. The highest BCUT2D eigenvalue weighted by atomic mass is 15.1. The predicted octanol–water partition coefficient (Wildman–Crippen LogP) is 2.73. The van der Waals surface area contributed by atoms with Crippen LogP contribution in [0.4, 0.5) is 0 Å². The molecule has 0 spiro atoms. The number of hydrogen-bond acceptors (Lipinski definition) is 3. The summed E-state index contributed by atoms with van der Waals surface area (Å²) in [5.74, 6) is -0.0232. The van der Waals surface area contributed by atoms with Crippen molar-refractivity contribution in [2.45, 2.75) is 19.4 Å². The minimum Gasteiger partial charge on any atom is -0.297 e. The molecule has 0 saturated carbocycles. The molecule has 0 bridgehead atoms. The van der Waals surface area contributed by atoms with E-state index in [1.54, 1.807) is 0 Å². The van der Waals surface area contributed by atoms with Crippen LogP contribution >= 0.6 is 0 Å². The lowest BCUT2D eigenvalue weighted by atomic mass is 10.0. The molecular weight excluding hydrogens is 210 g/mol. The normalized spacial score (nSPS) is 13.7. The lowest BCUT2D eigenvalue weighted by Crippen LogP contribution is -2.28. The van der Waals surface area contributed by atoms with Crippen molar-refractivity contribution in [1.29, 1.82) is 10.5 Å². The minimum atomic E-state index is -0.0232. The zero-order valence-corrected chi connectivity index (χ0v) is 10.3. The molecule has 0 radical (unpaired) electrons. The predicted molar refractivity (Wildman–Crippen MR) is 66.8 cm³/mol. The molecule has 0 aliphatic carbocycles. The van der Waals surface area contributed by atoms with Crippen molar-refractivity contribution in [3.8, 4) is 12.1 Å². The van der Waals surface area contributed by atoms with Crippen LogP contribution in [0.15, 0.2) is 30.3 Å². The average molecular weight is 227 g/mol. The maximum absolute atomic E-state index is 8.90. The van der Waals surface area contributed by atoms with Crippen molar-refractivity contribution in [1.82, 2.24) is 4.90 Å². The fraction of sp³-hybridized carbons (Fsp3) is 0.429. The van der Waals surface area contributed by atoms with Crippen LogP contribution in [-0.4, -0.2) is 18.5 Å². The van der Waals surface area contributed by atoms with Gasteiger partial charge in [-0.2, -0.15) is 10.5 Å². The molecule has 0 N–H and O–H groups in total. The summed E-state index contributed by atoms with van der Waals surface area (Å²) in [5.41, 5.74) is 1.13. The second-order valence-electron chi connectivity index (χ2n) is 4.26. The molecule has 17 heavy (non-hydrogen) atoms. The van der Waals surface area contributed by atoms with Crippen LogP contribution in [0, 0.1) is 28.6 Å². The van der Waals surface area contributed by atoms with Crippen LogP contribution in [0.3, 0.4) is 0 Å². The molecule has 0 aliphatic heterocycles. The Morgan fingerprint density at radius 3 is 2.41 bits per heavy atom. The first kappa shape index (κ1) is 13.2. The number of rotatable bonds is 5. The summed E-state index contributed by atoms with van der Waals surface area (Å²) >= 11 is 0. The Bertz CT molecular complexity index is 413. The average Bonchev–Trinajstić information content (AvgIpc) is 2.36. The monoisotopic (exact) mass is 227 g/mol. The van der Waals surface area contributed by atoms with Gasteiger partial charge in [-0.3, -0.25) is 4.90 Å². The van der Waals surface area contributed by atoms with Crippen molar-refractivity contribution < 1.29 is 0 Å². The van der Waals surface area contributed by atoms with E-state index in [-0.39, 0.29) is 12.0 Å². The van der Waals surface area contributed by atoms with Crippen molar-refractivity contribution in [2.75, 3.05) is 13.6 Å². The van der Waals surface area contributed by atoms with E-state index in [4.69, 9.17) is 10.5 Å². The highest BCUT2D eigenvalue weighted by Crippen LogP contribution is 2.23. The van der Waals surface area contributed by atoms with E-state index in [9.17, 15) is 0 Å². The Morgan fingerprint density at radius 2 is 1.88 bits per heavy atom. The lowest BCUT2D eigenvalue weighted by molar-refractivity contribution is 0.231. The first-order valence-corrected chi connectivity index (χ1v) is 5.70. The fourth-order valence-corrected chi connectivity index (χ4v) is 1.89. The van der Waals surface area contributed by atoms with Gasteiger partial charge in [0, 0.05) is 12.6 Å². The third-order valence-electron chi connectivity index (χ3n) is 2.78. The Labute approximate surface area is 103 Å². The first-order valence-electron chi connectivity index (χ1n) is 5.70. The standard InChI is InChI=1S/C14H17N3/c1-12(10-16)11-17(2)14(8-9-15)13-6-4-3-5-7-13/h3-7,12,14H,8,11H2,1-2H3. The molecule has 1 aromatic rings. The van der Waals surface area contributed by atoms with Gasteiger partial charge in [0.15, 0.2) is 0 Å². The Hall–Kier alpha value is -1.84. The largest absolute Gasteiger partial charge is 0.297 e. The zero-order valence-electron chi connectivity index (χ0n) is 10.3. The van der Waals surface area contributed by atoms with Crippen molar-refractivity contribution in [2.24, 2.45) is 5.92 Å². The minimum absolute atomic E-state index is 0.0232. The van der Waals surface area contributed by atoms with Crippen molar-refractivity contribution in [3.63, 3.8) is 0 Å². The number of hydrogen-bond donors (Lipinski definition) is 0. The van der Waals surface area contributed by atoms with Crippen LogP contribution in [0.2, 0.25) is 0 Å². The molecule has 0 aliphatic rings. The molecule has 1 aromatic carbocycles. The number of nitrogens with zero attached hydrogens (tertiary/aromatic N) is 3. The van der Waals surface area contributed by atoms with Gasteiger partial charge < -0.3 is 0 Å². The summed E-state index contributed by atoms with van der Waals surface area (Å²) in [5, 5.41) is 17.7. The van der Waals surface area contributed by atoms with Gasteiger partial charge in [-0.1, -0.05) is 30.3 Å². The van der Waals surface area contributed by atoms with E-state index in [0.717, 1.165) is 5.56 Å². The zero-order chi connectivity index (χ0) is 12.7. The Balaban J connectivity index is 2.80. The van der Waals surface area contributed by atoms with Crippen molar-refractivity contribution in [3.05, 3.63) is 35.9 Å². The van der Waals surface area contributed by atoms with Crippen LogP contribution < -0.4 is 0 Å². The van der Waals surface area contributed by atoms with Gasteiger partial charge in [0.25, 0.3) is 0 Å². The second kappa shape index (κ2) is 6.68. The highest BCUT2D eigenvalue weighted by molar-refractivity contribution is 5.20. The van der Waals surface area contributed by atoms with E-state index < -0.39 is 0 Å². The molecule has 0 amide bonds. The van der Waals surface area contributed by atoms with Crippen LogP contribution in [0.25, 0.3) is 0 Å². The Kier molecular flexibility index (Phi) is 5.20. The van der Waals surface area contributed by atoms with Gasteiger partial charge in [0.05, 0.1) is 24.5 Å². The van der Waals surface area contributed by atoms with Crippen LogP contribution in [0.1, 0.15) is 24.9 Å². The van der Waals surface area contributed by atoms with E-state index in [2.05, 4.69) is 17.0 Å². The van der Waals surface area contributed by atoms with Gasteiger partial charge in [-0.15, -0.1) is 0 Å².